The Morgan fingerprint density at radius 3 is 1.50 bits per heavy atom. The van der Waals surface area contributed by atoms with Crippen molar-refractivity contribution in [1.82, 2.24) is 9.80 Å². The first-order valence-electron chi connectivity index (χ1n) is 17.9. The van der Waals surface area contributed by atoms with Gasteiger partial charge in [-0.1, -0.05) is 69.1 Å². The van der Waals surface area contributed by atoms with Crippen LogP contribution in [0.2, 0.25) is 51.4 Å². The van der Waals surface area contributed by atoms with Gasteiger partial charge in [0.2, 0.25) is 0 Å². The molecule has 2 amide bonds. The number of methoxy groups -OCH3 is 2. The number of carbonyl (C=O) groups excluding carboxylic acids is 4. The summed E-state index contributed by atoms with van der Waals surface area (Å²) in [5, 5.41) is 0. The van der Waals surface area contributed by atoms with E-state index in [1.54, 1.807) is 54.7 Å². The third kappa shape index (κ3) is 13.5. The maximum Gasteiger partial charge on any atom is 0.329 e. The van der Waals surface area contributed by atoms with Gasteiger partial charge in [-0.15, -0.1) is 0 Å². The predicted octanol–water partition coefficient (Wildman–Crippen LogP) is 7.25. The van der Waals surface area contributed by atoms with Crippen molar-refractivity contribution in [2.75, 3.05) is 41.0 Å². The van der Waals surface area contributed by atoms with Crippen LogP contribution in [0.1, 0.15) is 40.5 Å². The summed E-state index contributed by atoms with van der Waals surface area (Å²) in [5.74, 6) is -1.70. The molecule has 0 saturated carbocycles. The lowest BCUT2D eigenvalue weighted by molar-refractivity contribution is -0.145. The first-order chi connectivity index (χ1) is 25.5. The predicted molar refractivity (Wildman–Crippen MR) is 208 cm³/mol. The van der Waals surface area contributed by atoms with Gasteiger partial charge in [0.1, 0.15) is 29.4 Å². The fraction of sp³-hybridized carbons (Fsp3) is 0.487. The van der Waals surface area contributed by atoms with E-state index >= 15 is 0 Å². The molecule has 0 saturated heterocycles. The fourth-order valence-corrected chi connectivity index (χ4v) is 6.84. The van der Waals surface area contributed by atoms with E-state index in [1.807, 2.05) is 6.92 Å². The first-order valence-corrected chi connectivity index (χ1v) is 25.3. The number of halogens is 1. The maximum atomic E-state index is 13.7. The summed E-state index contributed by atoms with van der Waals surface area (Å²) >= 11 is 0. The Balaban J connectivity index is 0.000000290. The van der Waals surface area contributed by atoms with Gasteiger partial charge in [-0.2, -0.15) is 0 Å². The molecule has 2 aliphatic heterocycles. The standard InChI is InChI=1S/C20H29NO5Si.C19H26FNO5Si/c1-15-12-17(20(23)24-2)21(13-15)19(22)16-8-6-7-9-18(16)26-14-25-10-11-27(3,4)5;1-24-19(23)16-11-14(20)12-21(16)18(22)15-7-5-6-8-17(15)26-13-25-9-10-27(2,3)4/h6-9,13,17H,10-12,14H2,1-5H3;5-8,12,16H,9-11,13H2,1-4H3/t17-;16-/m00/s1. The zero-order valence-corrected chi connectivity index (χ0v) is 34.9. The lowest BCUT2D eigenvalue weighted by atomic mass is 10.1. The number of ether oxygens (including phenoxy) is 6. The average Bonchev–Trinajstić information content (AvgIpc) is 3.72. The number of hydrogen-bond acceptors (Lipinski definition) is 10. The molecule has 2 aliphatic rings. The lowest BCUT2D eigenvalue weighted by Crippen LogP contribution is -2.39. The lowest BCUT2D eigenvalue weighted by Gasteiger charge is -2.22. The molecule has 2 aromatic rings. The highest BCUT2D eigenvalue weighted by atomic mass is 28.3. The SMILES string of the molecule is COC(=O)[C@@H]1CC(C)=CN1C(=O)c1ccccc1OCOCC[Si](C)(C)C.COC(=O)[C@@H]1CC(F)=CN1C(=O)c1ccccc1OCOCC[Si](C)(C)C. The van der Waals surface area contributed by atoms with Crippen molar-refractivity contribution in [2.45, 2.75) is 83.2 Å². The number of benzene rings is 2. The highest BCUT2D eigenvalue weighted by Crippen LogP contribution is 2.30. The van der Waals surface area contributed by atoms with E-state index in [1.165, 1.54) is 19.1 Å². The zero-order valence-electron chi connectivity index (χ0n) is 32.9. The molecule has 0 bridgehead atoms. The van der Waals surface area contributed by atoms with E-state index in [0.717, 1.165) is 28.8 Å². The van der Waals surface area contributed by atoms with Crippen molar-refractivity contribution in [3.63, 3.8) is 0 Å². The molecule has 0 radical (unpaired) electrons. The van der Waals surface area contributed by atoms with Crippen LogP contribution < -0.4 is 9.47 Å². The Morgan fingerprint density at radius 2 is 1.07 bits per heavy atom. The van der Waals surface area contributed by atoms with Crippen LogP contribution in [0, 0.1) is 0 Å². The molecule has 0 aromatic heterocycles. The molecule has 0 fully saturated rings. The molecular formula is C39H55FN2O10Si2. The van der Waals surface area contributed by atoms with Crippen LogP contribution in [0.25, 0.3) is 0 Å². The van der Waals surface area contributed by atoms with E-state index in [9.17, 15) is 23.6 Å². The largest absolute Gasteiger partial charge is 0.467 e. The van der Waals surface area contributed by atoms with Gasteiger partial charge in [0, 0.05) is 54.6 Å². The molecule has 0 N–H and O–H groups in total. The van der Waals surface area contributed by atoms with Gasteiger partial charge < -0.3 is 33.3 Å². The van der Waals surface area contributed by atoms with Gasteiger partial charge in [-0.25, -0.2) is 14.0 Å². The monoisotopic (exact) mass is 786 g/mol. The summed E-state index contributed by atoms with van der Waals surface area (Å²) in [6.45, 7) is 16.8. The van der Waals surface area contributed by atoms with Gasteiger partial charge in [-0.05, 0) is 43.3 Å². The minimum atomic E-state index is -1.19. The van der Waals surface area contributed by atoms with Gasteiger partial charge in [-0.3, -0.25) is 14.5 Å². The Bertz CT molecular complexity index is 1550. The summed E-state index contributed by atoms with van der Waals surface area (Å²) in [4.78, 5) is 52.2. The smallest absolute Gasteiger partial charge is 0.329 e. The Labute approximate surface area is 320 Å². The Kier molecular flexibility index (Phi) is 16.6. The molecule has 2 heterocycles. The van der Waals surface area contributed by atoms with E-state index in [-0.39, 0.29) is 31.5 Å². The third-order valence-corrected chi connectivity index (χ3v) is 11.9. The van der Waals surface area contributed by atoms with Gasteiger partial charge in [0.15, 0.2) is 13.6 Å². The second kappa shape index (κ2) is 20.4. The topological polar surface area (TPSA) is 130 Å². The van der Waals surface area contributed by atoms with Crippen molar-refractivity contribution in [2.24, 2.45) is 0 Å². The number of nitrogens with zero attached hydrogens (tertiary/aromatic N) is 2. The second-order valence-electron chi connectivity index (χ2n) is 15.4. The number of para-hydroxylation sites is 2. The number of carbonyl (C=O) groups is 4. The van der Waals surface area contributed by atoms with E-state index in [0.29, 0.717) is 36.7 Å². The van der Waals surface area contributed by atoms with Crippen LogP contribution in [0.4, 0.5) is 4.39 Å². The highest BCUT2D eigenvalue weighted by Gasteiger charge is 2.38. The molecule has 0 spiro atoms. The number of esters is 2. The normalized spacial score (nSPS) is 16.9. The minimum absolute atomic E-state index is 0.0133. The molecule has 0 aliphatic carbocycles. The summed E-state index contributed by atoms with van der Waals surface area (Å²) in [6, 6.07) is 14.0. The van der Waals surface area contributed by atoms with Crippen LogP contribution in [0.3, 0.4) is 0 Å². The van der Waals surface area contributed by atoms with Crippen molar-refractivity contribution < 1.29 is 52.0 Å². The Morgan fingerprint density at radius 1 is 0.667 bits per heavy atom. The summed E-state index contributed by atoms with van der Waals surface area (Å²) in [6.07, 6.45) is 3.01. The van der Waals surface area contributed by atoms with Crippen LogP contribution in [-0.4, -0.2) is 103 Å². The van der Waals surface area contributed by atoms with E-state index in [4.69, 9.17) is 23.7 Å². The zero-order chi connectivity index (χ0) is 40.1. The van der Waals surface area contributed by atoms with Crippen molar-refractivity contribution in [3.05, 3.63) is 83.5 Å². The number of amides is 2. The molecule has 2 atom stereocenters. The third-order valence-electron chi connectivity index (χ3n) is 8.45. The minimum Gasteiger partial charge on any atom is -0.467 e. The van der Waals surface area contributed by atoms with Gasteiger partial charge in [0.05, 0.1) is 25.3 Å². The maximum absolute atomic E-state index is 13.7. The quantitative estimate of drug-likeness (QED) is 0.0743. The summed E-state index contributed by atoms with van der Waals surface area (Å²) < 4.78 is 45.6. The number of hydrogen-bond donors (Lipinski definition) is 0. The van der Waals surface area contributed by atoms with Crippen LogP contribution in [-0.2, 0) is 28.5 Å². The van der Waals surface area contributed by atoms with Crippen LogP contribution in [0.5, 0.6) is 11.5 Å². The van der Waals surface area contributed by atoms with Crippen molar-refractivity contribution in [3.8, 4) is 11.5 Å². The molecule has 2 aromatic carbocycles. The molecule has 4 rings (SSSR count). The van der Waals surface area contributed by atoms with Crippen molar-refractivity contribution >= 4 is 39.9 Å². The molecule has 54 heavy (non-hydrogen) atoms. The van der Waals surface area contributed by atoms with E-state index in [2.05, 4.69) is 44.0 Å². The van der Waals surface area contributed by atoms with Crippen molar-refractivity contribution in [1.29, 1.82) is 0 Å². The molecule has 15 heteroatoms. The molecule has 12 nitrogen and oxygen atoms in total. The van der Waals surface area contributed by atoms with Crippen LogP contribution in [0.15, 0.2) is 72.3 Å². The summed E-state index contributed by atoms with van der Waals surface area (Å²) in [7, 11) is 0.189. The first kappa shape index (κ1) is 44.1. The van der Waals surface area contributed by atoms with Crippen LogP contribution >= 0.6 is 0 Å². The average molecular weight is 787 g/mol. The summed E-state index contributed by atoms with van der Waals surface area (Å²) in [5.41, 5.74) is 1.57. The molecule has 0 unspecified atom stereocenters. The molecule has 296 valence electrons. The van der Waals surface area contributed by atoms with Gasteiger partial charge >= 0.3 is 11.9 Å². The van der Waals surface area contributed by atoms with E-state index < -0.39 is 51.9 Å². The highest BCUT2D eigenvalue weighted by molar-refractivity contribution is 6.76. The fourth-order valence-electron chi connectivity index (χ4n) is 5.33. The molecular weight excluding hydrogens is 732 g/mol. The second-order valence-corrected chi connectivity index (χ2v) is 26.7. The Hall–Kier alpha value is -4.32. The van der Waals surface area contributed by atoms with Gasteiger partial charge in [0.25, 0.3) is 11.8 Å². The number of rotatable bonds is 16.